The van der Waals surface area contributed by atoms with Gasteiger partial charge in [0.15, 0.2) is 11.6 Å². The van der Waals surface area contributed by atoms with Crippen molar-refractivity contribution >= 4 is 23.1 Å². The second kappa shape index (κ2) is 8.15. The molecule has 0 spiro atoms. The smallest absolute Gasteiger partial charge is 0.167 e. The van der Waals surface area contributed by atoms with E-state index in [9.17, 15) is 4.39 Å². The van der Waals surface area contributed by atoms with Crippen molar-refractivity contribution in [3.63, 3.8) is 0 Å². The fourth-order valence-corrected chi connectivity index (χ4v) is 2.29. The number of ether oxygens (including phenoxy) is 1. The van der Waals surface area contributed by atoms with Crippen LogP contribution in [0.1, 0.15) is 27.2 Å². The Morgan fingerprint density at radius 1 is 1.42 bits per heavy atom. The summed E-state index contributed by atoms with van der Waals surface area (Å²) in [5.41, 5.74) is 6.98. The lowest BCUT2D eigenvalue weighted by atomic mass is 10.2. The average Bonchev–Trinajstić information content (AvgIpc) is 2.38. The molecule has 0 aliphatic heterocycles. The molecule has 0 saturated carbocycles. The molecule has 0 radical (unpaired) electrons. The maximum atomic E-state index is 13.7. The van der Waals surface area contributed by atoms with E-state index >= 15 is 0 Å². The van der Waals surface area contributed by atoms with Crippen LogP contribution in [0.4, 0.5) is 15.8 Å². The van der Waals surface area contributed by atoms with Crippen molar-refractivity contribution in [2.24, 2.45) is 0 Å². The van der Waals surface area contributed by atoms with Gasteiger partial charge in [0.05, 0.1) is 18.0 Å². The SMILES string of the molecule is CCCOc1cc(NC(C)CSCC)c(N)cc1F. The number of thioether (sulfide) groups is 1. The van der Waals surface area contributed by atoms with Crippen molar-refractivity contribution in [2.45, 2.75) is 33.2 Å². The number of anilines is 2. The zero-order valence-corrected chi connectivity index (χ0v) is 12.6. The maximum absolute atomic E-state index is 13.7. The number of hydrogen-bond donors (Lipinski definition) is 2. The normalized spacial score (nSPS) is 12.2. The van der Waals surface area contributed by atoms with Gasteiger partial charge < -0.3 is 15.8 Å². The summed E-state index contributed by atoms with van der Waals surface area (Å²) in [5, 5.41) is 3.30. The summed E-state index contributed by atoms with van der Waals surface area (Å²) >= 11 is 1.85. The second-order valence-electron chi connectivity index (χ2n) is 4.42. The number of hydrogen-bond acceptors (Lipinski definition) is 4. The Bertz CT molecular complexity index is 401. The van der Waals surface area contributed by atoms with Crippen molar-refractivity contribution in [2.75, 3.05) is 29.2 Å². The highest BCUT2D eigenvalue weighted by atomic mass is 32.2. The van der Waals surface area contributed by atoms with Crippen LogP contribution in [0.5, 0.6) is 5.75 Å². The van der Waals surface area contributed by atoms with E-state index in [2.05, 4.69) is 19.2 Å². The molecule has 0 aliphatic rings. The summed E-state index contributed by atoms with van der Waals surface area (Å²) in [6, 6.07) is 3.23. The molecule has 0 aromatic heterocycles. The Morgan fingerprint density at radius 2 is 2.16 bits per heavy atom. The molecule has 19 heavy (non-hydrogen) atoms. The minimum Gasteiger partial charge on any atom is -0.490 e. The second-order valence-corrected chi connectivity index (χ2v) is 5.74. The Hall–Kier alpha value is -1.10. The highest BCUT2D eigenvalue weighted by molar-refractivity contribution is 7.99. The molecule has 108 valence electrons. The molecular weight excluding hydrogens is 263 g/mol. The van der Waals surface area contributed by atoms with Crippen LogP contribution in [-0.4, -0.2) is 24.2 Å². The summed E-state index contributed by atoms with van der Waals surface area (Å²) in [6.07, 6.45) is 0.843. The number of nitrogens with two attached hydrogens (primary N) is 1. The zero-order chi connectivity index (χ0) is 14.3. The van der Waals surface area contributed by atoms with E-state index in [1.54, 1.807) is 6.07 Å². The van der Waals surface area contributed by atoms with Crippen LogP contribution in [-0.2, 0) is 0 Å². The molecule has 0 fully saturated rings. The van der Waals surface area contributed by atoms with Gasteiger partial charge in [0, 0.05) is 23.9 Å². The fraction of sp³-hybridized carbons (Fsp3) is 0.571. The molecule has 1 atom stereocenters. The van der Waals surface area contributed by atoms with E-state index in [0.29, 0.717) is 12.3 Å². The van der Waals surface area contributed by atoms with Crippen LogP contribution in [0.2, 0.25) is 0 Å². The molecule has 0 bridgehead atoms. The van der Waals surface area contributed by atoms with Crippen molar-refractivity contribution in [3.05, 3.63) is 17.9 Å². The van der Waals surface area contributed by atoms with E-state index in [0.717, 1.165) is 23.6 Å². The van der Waals surface area contributed by atoms with Gasteiger partial charge in [-0.15, -0.1) is 0 Å². The molecule has 5 heteroatoms. The first-order chi connectivity index (χ1) is 9.08. The molecule has 0 aliphatic carbocycles. The minimum absolute atomic E-state index is 0.258. The Labute approximate surface area is 119 Å². The van der Waals surface area contributed by atoms with Gasteiger partial charge in [0.25, 0.3) is 0 Å². The highest BCUT2D eigenvalue weighted by Crippen LogP contribution is 2.29. The van der Waals surface area contributed by atoms with Gasteiger partial charge in [-0.2, -0.15) is 11.8 Å². The van der Waals surface area contributed by atoms with E-state index in [1.807, 2.05) is 18.7 Å². The third kappa shape index (κ3) is 5.19. The largest absolute Gasteiger partial charge is 0.490 e. The van der Waals surface area contributed by atoms with Crippen LogP contribution >= 0.6 is 11.8 Å². The molecule has 1 aromatic rings. The van der Waals surface area contributed by atoms with Gasteiger partial charge in [0.1, 0.15) is 0 Å². The van der Waals surface area contributed by atoms with E-state index in [1.165, 1.54) is 6.07 Å². The number of benzene rings is 1. The molecule has 1 unspecified atom stereocenters. The van der Waals surface area contributed by atoms with Crippen LogP contribution in [0.25, 0.3) is 0 Å². The summed E-state index contributed by atoms with van der Waals surface area (Å²) in [4.78, 5) is 0. The highest BCUT2D eigenvalue weighted by Gasteiger charge is 2.11. The van der Waals surface area contributed by atoms with Crippen LogP contribution < -0.4 is 15.8 Å². The Morgan fingerprint density at radius 3 is 2.79 bits per heavy atom. The number of nitrogens with one attached hydrogen (secondary N) is 1. The maximum Gasteiger partial charge on any atom is 0.167 e. The van der Waals surface area contributed by atoms with E-state index < -0.39 is 5.82 Å². The van der Waals surface area contributed by atoms with Gasteiger partial charge in [-0.05, 0) is 19.1 Å². The first-order valence-electron chi connectivity index (χ1n) is 6.64. The lowest BCUT2D eigenvalue weighted by Gasteiger charge is -2.17. The minimum atomic E-state index is -0.410. The van der Waals surface area contributed by atoms with Crippen molar-refractivity contribution in [3.8, 4) is 5.75 Å². The Balaban J connectivity index is 2.76. The molecule has 0 saturated heterocycles. The predicted molar refractivity (Wildman–Crippen MR) is 82.7 cm³/mol. The van der Waals surface area contributed by atoms with E-state index in [4.69, 9.17) is 10.5 Å². The quantitative estimate of drug-likeness (QED) is 0.715. The molecule has 0 heterocycles. The zero-order valence-electron chi connectivity index (χ0n) is 11.8. The fourth-order valence-electron chi connectivity index (χ4n) is 1.62. The molecule has 3 nitrogen and oxygen atoms in total. The predicted octanol–water partition coefficient (Wildman–Crippen LogP) is 3.75. The summed E-state index contributed by atoms with van der Waals surface area (Å²) in [6.45, 7) is 6.69. The third-order valence-electron chi connectivity index (χ3n) is 2.54. The lowest BCUT2D eigenvalue weighted by Crippen LogP contribution is -2.19. The first kappa shape index (κ1) is 16.0. The number of rotatable bonds is 8. The first-order valence-corrected chi connectivity index (χ1v) is 7.80. The summed E-state index contributed by atoms with van der Waals surface area (Å²) in [7, 11) is 0. The van der Waals surface area contributed by atoms with Crippen molar-refractivity contribution in [1.29, 1.82) is 0 Å². The van der Waals surface area contributed by atoms with Gasteiger partial charge in [-0.1, -0.05) is 13.8 Å². The van der Waals surface area contributed by atoms with Gasteiger partial charge in [0.2, 0.25) is 0 Å². The van der Waals surface area contributed by atoms with Gasteiger partial charge in [-0.25, -0.2) is 4.39 Å². The van der Waals surface area contributed by atoms with Crippen LogP contribution in [0.15, 0.2) is 12.1 Å². The molecular formula is C14H23FN2OS. The standard InChI is InChI=1S/C14H23FN2OS/c1-4-6-18-14-8-13(12(16)7-11(14)15)17-10(3)9-19-5-2/h7-8,10,17H,4-6,9,16H2,1-3H3. The Kier molecular flexibility index (Phi) is 6.84. The molecule has 1 aromatic carbocycles. The number of nitrogen functional groups attached to an aromatic ring is 1. The monoisotopic (exact) mass is 286 g/mol. The van der Waals surface area contributed by atoms with Crippen LogP contribution in [0.3, 0.4) is 0 Å². The number of halogens is 1. The van der Waals surface area contributed by atoms with E-state index in [-0.39, 0.29) is 11.8 Å². The lowest BCUT2D eigenvalue weighted by molar-refractivity contribution is 0.301. The van der Waals surface area contributed by atoms with Crippen LogP contribution in [0, 0.1) is 5.82 Å². The average molecular weight is 286 g/mol. The molecule has 1 rings (SSSR count). The molecule has 3 N–H and O–H groups in total. The van der Waals surface area contributed by atoms with Gasteiger partial charge in [-0.3, -0.25) is 0 Å². The summed E-state index contributed by atoms with van der Waals surface area (Å²) in [5.74, 6) is 1.91. The third-order valence-corrected chi connectivity index (χ3v) is 3.68. The van der Waals surface area contributed by atoms with Crippen molar-refractivity contribution < 1.29 is 9.13 Å². The molecule has 0 amide bonds. The topological polar surface area (TPSA) is 47.3 Å². The van der Waals surface area contributed by atoms with Crippen molar-refractivity contribution in [1.82, 2.24) is 0 Å². The summed E-state index contributed by atoms with van der Waals surface area (Å²) < 4.78 is 19.0. The van der Waals surface area contributed by atoms with Gasteiger partial charge >= 0.3 is 0 Å².